The van der Waals surface area contributed by atoms with Gasteiger partial charge in [0.1, 0.15) is 11.6 Å². The van der Waals surface area contributed by atoms with Crippen molar-refractivity contribution >= 4 is 0 Å². The van der Waals surface area contributed by atoms with E-state index < -0.39 is 5.54 Å². The predicted octanol–water partition coefficient (Wildman–Crippen LogP) is 2.00. The van der Waals surface area contributed by atoms with Crippen LogP contribution in [0.2, 0.25) is 0 Å². The summed E-state index contributed by atoms with van der Waals surface area (Å²) < 4.78 is 18.5. The van der Waals surface area contributed by atoms with Gasteiger partial charge >= 0.3 is 0 Å². The zero-order valence-electron chi connectivity index (χ0n) is 10.4. The van der Waals surface area contributed by atoms with E-state index in [1.165, 1.54) is 6.07 Å². The molecule has 0 aliphatic heterocycles. The summed E-state index contributed by atoms with van der Waals surface area (Å²) in [5.41, 5.74) is 5.80. The highest BCUT2D eigenvalue weighted by molar-refractivity contribution is 5.28. The fourth-order valence-corrected chi connectivity index (χ4v) is 1.45. The van der Waals surface area contributed by atoms with Gasteiger partial charge in [-0.3, -0.25) is 0 Å². The maximum Gasteiger partial charge on any atom is 0.126 e. The molecule has 1 atom stereocenters. The van der Waals surface area contributed by atoms with E-state index in [1.54, 1.807) is 26.0 Å². The van der Waals surface area contributed by atoms with E-state index in [1.807, 2.05) is 0 Å². The Kier molecular flexibility index (Phi) is 4.90. The SMILES string of the molecule is Cc1cc(OCCCC(C)(N)CO)ccc1F. The summed E-state index contributed by atoms with van der Waals surface area (Å²) in [4.78, 5) is 0. The van der Waals surface area contributed by atoms with E-state index in [9.17, 15) is 4.39 Å². The minimum Gasteiger partial charge on any atom is -0.494 e. The van der Waals surface area contributed by atoms with Crippen LogP contribution in [0.15, 0.2) is 18.2 Å². The first kappa shape index (κ1) is 13.9. The molecule has 0 heterocycles. The molecule has 0 fully saturated rings. The van der Waals surface area contributed by atoms with E-state index in [2.05, 4.69) is 0 Å². The molecule has 0 aliphatic rings. The third kappa shape index (κ3) is 4.71. The maximum atomic E-state index is 13.0. The minimum absolute atomic E-state index is 0.0390. The minimum atomic E-state index is -0.553. The molecular weight excluding hydrogens is 221 g/mol. The van der Waals surface area contributed by atoms with E-state index >= 15 is 0 Å². The zero-order valence-corrected chi connectivity index (χ0v) is 10.4. The number of rotatable bonds is 6. The van der Waals surface area contributed by atoms with Crippen molar-refractivity contribution in [2.24, 2.45) is 5.73 Å². The van der Waals surface area contributed by atoms with Crippen molar-refractivity contribution in [2.75, 3.05) is 13.2 Å². The fourth-order valence-electron chi connectivity index (χ4n) is 1.45. The van der Waals surface area contributed by atoms with Crippen LogP contribution in [0.3, 0.4) is 0 Å². The van der Waals surface area contributed by atoms with E-state index in [0.717, 1.165) is 6.42 Å². The number of aliphatic hydroxyl groups excluding tert-OH is 1. The van der Waals surface area contributed by atoms with Crippen molar-refractivity contribution in [3.63, 3.8) is 0 Å². The van der Waals surface area contributed by atoms with Crippen LogP contribution in [0, 0.1) is 12.7 Å². The lowest BCUT2D eigenvalue weighted by Crippen LogP contribution is -2.40. The molecule has 3 nitrogen and oxygen atoms in total. The fraction of sp³-hybridized carbons (Fsp3) is 0.538. The molecule has 96 valence electrons. The van der Waals surface area contributed by atoms with Gasteiger partial charge in [0.25, 0.3) is 0 Å². The van der Waals surface area contributed by atoms with E-state index in [4.69, 9.17) is 15.6 Å². The van der Waals surface area contributed by atoms with Crippen LogP contribution < -0.4 is 10.5 Å². The average Bonchev–Trinajstić information content (AvgIpc) is 2.29. The van der Waals surface area contributed by atoms with Gasteiger partial charge in [-0.1, -0.05) is 0 Å². The van der Waals surface area contributed by atoms with Crippen molar-refractivity contribution in [1.29, 1.82) is 0 Å². The van der Waals surface area contributed by atoms with Crippen molar-refractivity contribution < 1.29 is 14.2 Å². The van der Waals surface area contributed by atoms with Gasteiger partial charge in [-0.25, -0.2) is 4.39 Å². The standard InChI is InChI=1S/C13H20FNO2/c1-10-8-11(4-5-12(10)14)17-7-3-6-13(2,15)9-16/h4-5,8,16H,3,6-7,9,15H2,1-2H3. The lowest BCUT2D eigenvalue weighted by atomic mass is 9.99. The number of halogens is 1. The van der Waals surface area contributed by atoms with Gasteiger partial charge in [0.05, 0.1) is 13.2 Å². The third-order valence-electron chi connectivity index (χ3n) is 2.65. The van der Waals surface area contributed by atoms with Crippen molar-refractivity contribution in [3.05, 3.63) is 29.6 Å². The number of aryl methyl sites for hydroxylation is 1. The van der Waals surface area contributed by atoms with Crippen molar-refractivity contribution in [2.45, 2.75) is 32.2 Å². The molecule has 0 spiro atoms. The van der Waals surface area contributed by atoms with Crippen LogP contribution in [-0.2, 0) is 0 Å². The highest BCUT2D eigenvalue weighted by Gasteiger charge is 2.15. The molecule has 0 amide bonds. The zero-order chi connectivity index (χ0) is 12.9. The number of hydrogen-bond donors (Lipinski definition) is 2. The highest BCUT2D eigenvalue weighted by atomic mass is 19.1. The smallest absolute Gasteiger partial charge is 0.126 e. The first-order valence-electron chi connectivity index (χ1n) is 5.73. The number of benzene rings is 1. The molecule has 0 aliphatic carbocycles. The number of hydrogen-bond acceptors (Lipinski definition) is 3. The molecule has 1 rings (SSSR count). The summed E-state index contributed by atoms with van der Waals surface area (Å²) in [6.45, 7) is 3.97. The Morgan fingerprint density at radius 1 is 1.47 bits per heavy atom. The number of nitrogens with two attached hydrogens (primary N) is 1. The number of aliphatic hydroxyl groups is 1. The van der Waals surface area contributed by atoms with Crippen LogP contribution in [0.4, 0.5) is 4.39 Å². The Bertz CT molecular complexity index is 366. The molecule has 1 aromatic carbocycles. The first-order valence-corrected chi connectivity index (χ1v) is 5.73. The summed E-state index contributed by atoms with van der Waals surface area (Å²) in [5, 5.41) is 8.97. The molecular formula is C13H20FNO2. The van der Waals surface area contributed by atoms with Crippen LogP contribution in [0.1, 0.15) is 25.3 Å². The van der Waals surface area contributed by atoms with Crippen molar-refractivity contribution in [3.8, 4) is 5.75 Å². The second-order valence-corrected chi connectivity index (χ2v) is 4.68. The monoisotopic (exact) mass is 241 g/mol. The first-order chi connectivity index (χ1) is 7.94. The van der Waals surface area contributed by atoms with E-state index in [0.29, 0.717) is 24.3 Å². The molecule has 0 saturated heterocycles. The molecule has 17 heavy (non-hydrogen) atoms. The van der Waals surface area contributed by atoms with E-state index in [-0.39, 0.29) is 12.4 Å². The predicted molar refractivity (Wildman–Crippen MR) is 65.5 cm³/mol. The second-order valence-electron chi connectivity index (χ2n) is 4.68. The summed E-state index contributed by atoms with van der Waals surface area (Å²) in [5.74, 6) is 0.429. The Hall–Kier alpha value is -1.13. The van der Waals surface area contributed by atoms with Crippen LogP contribution in [-0.4, -0.2) is 23.9 Å². The molecule has 0 aromatic heterocycles. The summed E-state index contributed by atoms with van der Waals surface area (Å²) in [6.07, 6.45) is 1.44. The van der Waals surface area contributed by atoms with Crippen molar-refractivity contribution in [1.82, 2.24) is 0 Å². The van der Waals surface area contributed by atoms with Gasteiger partial charge in [-0.05, 0) is 50.5 Å². The third-order valence-corrected chi connectivity index (χ3v) is 2.65. The van der Waals surface area contributed by atoms with Crippen LogP contribution in [0.5, 0.6) is 5.75 Å². The molecule has 4 heteroatoms. The largest absolute Gasteiger partial charge is 0.494 e. The van der Waals surface area contributed by atoms with Gasteiger partial charge in [-0.15, -0.1) is 0 Å². The highest BCUT2D eigenvalue weighted by Crippen LogP contribution is 2.16. The maximum absolute atomic E-state index is 13.0. The summed E-state index contributed by atoms with van der Waals surface area (Å²) in [6, 6.07) is 4.67. The van der Waals surface area contributed by atoms with Gasteiger partial charge in [-0.2, -0.15) is 0 Å². The van der Waals surface area contributed by atoms with Gasteiger partial charge < -0.3 is 15.6 Å². The van der Waals surface area contributed by atoms with Gasteiger partial charge in [0.15, 0.2) is 0 Å². The van der Waals surface area contributed by atoms with Gasteiger partial charge in [0.2, 0.25) is 0 Å². The molecule has 1 aromatic rings. The molecule has 3 N–H and O–H groups in total. The molecule has 0 bridgehead atoms. The molecule has 0 saturated carbocycles. The normalized spacial score (nSPS) is 14.4. The molecule has 0 radical (unpaired) electrons. The Labute approximate surface area is 101 Å². The quantitative estimate of drug-likeness (QED) is 0.749. The Morgan fingerprint density at radius 3 is 2.76 bits per heavy atom. The Balaban J connectivity index is 2.34. The van der Waals surface area contributed by atoms with Crippen LogP contribution in [0.25, 0.3) is 0 Å². The Morgan fingerprint density at radius 2 is 2.18 bits per heavy atom. The van der Waals surface area contributed by atoms with Gasteiger partial charge in [0, 0.05) is 5.54 Å². The lowest BCUT2D eigenvalue weighted by Gasteiger charge is -2.21. The summed E-state index contributed by atoms with van der Waals surface area (Å²) in [7, 11) is 0. The van der Waals surface area contributed by atoms with Crippen LogP contribution >= 0.6 is 0 Å². The number of ether oxygens (including phenoxy) is 1. The molecule has 1 unspecified atom stereocenters. The summed E-state index contributed by atoms with van der Waals surface area (Å²) >= 11 is 0. The average molecular weight is 241 g/mol. The topological polar surface area (TPSA) is 55.5 Å². The second kappa shape index (κ2) is 5.98. The lowest BCUT2D eigenvalue weighted by molar-refractivity contribution is 0.188.